The van der Waals surface area contributed by atoms with E-state index in [1.54, 1.807) is 13.8 Å². The third kappa shape index (κ3) is 5.99. The van der Waals surface area contributed by atoms with E-state index in [1.807, 2.05) is 38.2 Å². The number of hydrogen-bond acceptors (Lipinski definition) is 4. The highest BCUT2D eigenvalue weighted by molar-refractivity contribution is 5.73. The van der Waals surface area contributed by atoms with Crippen LogP contribution >= 0.6 is 0 Å². The van der Waals surface area contributed by atoms with E-state index in [2.05, 4.69) is 11.9 Å². The van der Waals surface area contributed by atoms with Crippen molar-refractivity contribution in [3.8, 4) is 22.8 Å². The average molecular weight is 482 g/mol. The van der Waals surface area contributed by atoms with Crippen molar-refractivity contribution in [2.45, 2.75) is 66.1 Å². The molecular formula is C29H33F2NO3. The number of aliphatic hydroxyl groups is 1. The molecule has 35 heavy (non-hydrogen) atoms. The smallest absolute Gasteiger partial charge is 0.213 e. The van der Waals surface area contributed by atoms with Gasteiger partial charge in [0.25, 0.3) is 0 Å². The molecule has 2 aromatic carbocycles. The summed E-state index contributed by atoms with van der Waals surface area (Å²) < 4.78 is 41.1. The van der Waals surface area contributed by atoms with E-state index in [0.717, 1.165) is 30.0 Å². The SMILES string of the molecule is Cc1cc(OCCC(C)(C)O)cc(C)c1-c1cc(COc2cc3c(cn2)CC(C)C3)c(F)cc1F. The van der Waals surface area contributed by atoms with Gasteiger partial charge in [0.2, 0.25) is 5.88 Å². The Labute approximate surface area is 205 Å². The second-order valence-corrected chi connectivity index (χ2v) is 10.4. The maximum atomic E-state index is 14.9. The summed E-state index contributed by atoms with van der Waals surface area (Å²) >= 11 is 0. The Bertz CT molecular complexity index is 1210. The van der Waals surface area contributed by atoms with Crippen LogP contribution in [0.25, 0.3) is 11.1 Å². The van der Waals surface area contributed by atoms with Crippen molar-refractivity contribution in [1.29, 1.82) is 0 Å². The van der Waals surface area contributed by atoms with Crippen molar-refractivity contribution in [2.24, 2.45) is 5.92 Å². The van der Waals surface area contributed by atoms with Crippen molar-refractivity contribution < 1.29 is 23.4 Å². The molecule has 0 radical (unpaired) electrons. The molecule has 1 unspecified atom stereocenters. The average Bonchev–Trinajstić information content (AvgIpc) is 3.12. The fourth-order valence-electron chi connectivity index (χ4n) is 4.68. The van der Waals surface area contributed by atoms with Crippen LogP contribution in [0.5, 0.6) is 11.6 Å². The van der Waals surface area contributed by atoms with Crippen LogP contribution in [0, 0.1) is 31.4 Å². The predicted molar refractivity (Wildman–Crippen MR) is 133 cm³/mol. The maximum absolute atomic E-state index is 14.9. The minimum atomic E-state index is -0.812. The van der Waals surface area contributed by atoms with Crippen LogP contribution < -0.4 is 9.47 Å². The van der Waals surface area contributed by atoms with Crippen LogP contribution in [0.4, 0.5) is 8.78 Å². The Morgan fingerprint density at radius 1 is 0.971 bits per heavy atom. The van der Waals surface area contributed by atoms with E-state index in [1.165, 1.54) is 17.2 Å². The number of ether oxygens (including phenoxy) is 2. The molecule has 0 saturated heterocycles. The number of rotatable bonds is 8. The summed E-state index contributed by atoms with van der Waals surface area (Å²) in [5.41, 5.74) is 4.55. The van der Waals surface area contributed by atoms with Crippen molar-refractivity contribution in [3.05, 3.63) is 76.0 Å². The van der Waals surface area contributed by atoms with Crippen LogP contribution in [0.15, 0.2) is 36.5 Å². The summed E-state index contributed by atoms with van der Waals surface area (Å²) in [6, 6.07) is 8.02. The minimum Gasteiger partial charge on any atom is -0.493 e. The third-order valence-electron chi connectivity index (χ3n) is 6.46. The molecule has 3 aromatic rings. The van der Waals surface area contributed by atoms with Crippen LogP contribution in [0.2, 0.25) is 0 Å². The summed E-state index contributed by atoms with van der Waals surface area (Å²) in [6.45, 7) is 9.74. The van der Waals surface area contributed by atoms with Gasteiger partial charge in [-0.3, -0.25) is 0 Å². The summed E-state index contributed by atoms with van der Waals surface area (Å²) in [4.78, 5) is 4.36. The fourth-order valence-corrected chi connectivity index (χ4v) is 4.68. The van der Waals surface area contributed by atoms with Crippen LogP contribution in [-0.2, 0) is 19.4 Å². The number of fused-ring (bicyclic) bond motifs is 1. The van der Waals surface area contributed by atoms with E-state index < -0.39 is 17.2 Å². The number of aromatic nitrogens is 1. The molecule has 1 aliphatic carbocycles. The number of aryl methyl sites for hydroxylation is 2. The van der Waals surface area contributed by atoms with E-state index >= 15 is 0 Å². The summed E-state index contributed by atoms with van der Waals surface area (Å²) in [7, 11) is 0. The van der Waals surface area contributed by atoms with Gasteiger partial charge in [-0.2, -0.15) is 0 Å². The molecule has 186 valence electrons. The van der Waals surface area contributed by atoms with Gasteiger partial charge in [0.05, 0.1) is 12.2 Å². The van der Waals surface area contributed by atoms with Crippen molar-refractivity contribution in [2.75, 3.05) is 6.61 Å². The zero-order chi connectivity index (χ0) is 25.3. The lowest BCUT2D eigenvalue weighted by atomic mass is 9.93. The molecule has 4 rings (SSSR count). The fraction of sp³-hybridized carbons (Fsp3) is 0.414. The molecular weight excluding hydrogens is 448 g/mol. The topological polar surface area (TPSA) is 51.6 Å². The Kier molecular flexibility index (Phi) is 7.13. The van der Waals surface area contributed by atoms with E-state index in [4.69, 9.17) is 9.47 Å². The Morgan fingerprint density at radius 2 is 1.66 bits per heavy atom. The predicted octanol–water partition coefficient (Wildman–Crippen LogP) is 6.50. The molecule has 0 spiro atoms. The van der Waals surface area contributed by atoms with Crippen molar-refractivity contribution >= 4 is 0 Å². The molecule has 0 bridgehead atoms. The molecule has 1 N–H and O–H groups in total. The summed E-state index contributed by atoms with van der Waals surface area (Å²) in [5, 5.41) is 9.88. The first-order valence-corrected chi connectivity index (χ1v) is 12.1. The molecule has 4 nitrogen and oxygen atoms in total. The largest absolute Gasteiger partial charge is 0.493 e. The van der Waals surface area contributed by atoms with Crippen LogP contribution in [0.3, 0.4) is 0 Å². The number of pyridine rings is 1. The quantitative estimate of drug-likeness (QED) is 0.399. The standard InChI is InChI=1S/C29H33F2NO3/c1-17-8-20-13-27(32-15-21(20)9-17)35-16-22-12-24(26(31)14-25(22)30)28-18(2)10-23(11-19(28)3)34-7-6-29(4,5)33/h10-15,17,33H,6-9,16H2,1-5H3. The first kappa shape index (κ1) is 25.1. The van der Waals surface area contributed by atoms with Gasteiger partial charge in [0.15, 0.2) is 0 Å². The second-order valence-electron chi connectivity index (χ2n) is 10.4. The molecule has 0 fully saturated rings. The summed E-state index contributed by atoms with van der Waals surface area (Å²) in [6.07, 6.45) is 4.32. The lowest BCUT2D eigenvalue weighted by molar-refractivity contribution is 0.0553. The lowest BCUT2D eigenvalue weighted by Gasteiger charge is -2.19. The summed E-state index contributed by atoms with van der Waals surface area (Å²) in [5.74, 6) is 0.406. The number of nitrogens with zero attached hydrogens (tertiary/aromatic N) is 1. The molecule has 6 heteroatoms. The van der Waals surface area contributed by atoms with Crippen LogP contribution in [-0.4, -0.2) is 22.3 Å². The van der Waals surface area contributed by atoms with Gasteiger partial charge in [-0.1, -0.05) is 6.92 Å². The van der Waals surface area contributed by atoms with Crippen LogP contribution in [0.1, 0.15) is 55.0 Å². The molecule has 0 aliphatic heterocycles. The van der Waals surface area contributed by atoms with E-state index in [9.17, 15) is 13.9 Å². The normalized spacial score (nSPS) is 15.3. The molecule has 0 saturated carbocycles. The highest BCUT2D eigenvalue weighted by Crippen LogP contribution is 2.35. The van der Waals surface area contributed by atoms with Crippen molar-refractivity contribution in [1.82, 2.24) is 4.98 Å². The minimum absolute atomic E-state index is 0.0450. The van der Waals surface area contributed by atoms with Gasteiger partial charge in [-0.15, -0.1) is 0 Å². The van der Waals surface area contributed by atoms with Gasteiger partial charge >= 0.3 is 0 Å². The number of benzene rings is 2. The van der Waals surface area contributed by atoms with Gasteiger partial charge in [0.1, 0.15) is 24.0 Å². The molecule has 1 heterocycles. The Balaban J connectivity index is 1.54. The first-order valence-electron chi connectivity index (χ1n) is 12.1. The third-order valence-corrected chi connectivity index (χ3v) is 6.46. The maximum Gasteiger partial charge on any atom is 0.213 e. The monoisotopic (exact) mass is 481 g/mol. The highest BCUT2D eigenvalue weighted by atomic mass is 19.1. The van der Waals surface area contributed by atoms with E-state index in [-0.39, 0.29) is 12.2 Å². The van der Waals surface area contributed by atoms with Crippen molar-refractivity contribution in [3.63, 3.8) is 0 Å². The van der Waals surface area contributed by atoms with Gasteiger partial charge in [0, 0.05) is 35.9 Å². The van der Waals surface area contributed by atoms with Gasteiger partial charge < -0.3 is 14.6 Å². The Morgan fingerprint density at radius 3 is 2.34 bits per heavy atom. The zero-order valence-corrected chi connectivity index (χ0v) is 21.0. The lowest BCUT2D eigenvalue weighted by Crippen LogP contribution is -2.21. The Hall–Kier alpha value is -2.99. The van der Waals surface area contributed by atoms with E-state index in [0.29, 0.717) is 41.7 Å². The second kappa shape index (κ2) is 9.94. The first-order chi connectivity index (χ1) is 16.5. The van der Waals surface area contributed by atoms with Gasteiger partial charge in [-0.05, 0) is 92.5 Å². The number of hydrogen-bond donors (Lipinski definition) is 1. The molecule has 1 aromatic heterocycles. The zero-order valence-electron chi connectivity index (χ0n) is 21.0. The van der Waals surface area contributed by atoms with Gasteiger partial charge in [-0.25, -0.2) is 13.8 Å². The highest BCUT2D eigenvalue weighted by Gasteiger charge is 2.20. The molecule has 1 atom stereocenters. The molecule has 1 aliphatic rings. The molecule has 0 amide bonds. The number of halogens is 2.